The predicted molar refractivity (Wildman–Crippen MR) is 66.3 cm³/mol. The van der Waals surface area contributed by atoms with E-state index in [-0.39, 0.29) is 5.91 Å². The molecular weight excluding hydrogens is 208 g/mol. The summed E-state index contributed by atoms with van der Waals surface area (Å²) >= 11 is 1.72. The highest BCUT2D eigenvalue weighted by atomic mass is 32.2. The lowest BCUT2D eigenvalue weighted by molar-refractivity contribution is -0.118. The summed E-state index contributed by atoms with van der Waals surface area (Å²) in [7, 11) is 0. The summed E-state index contributed by atoms with van der Waals surface area (Å²) in [6.07, 6.45) is 3.78. The molecule has 1 fully saturated rings. The molecule has 88 valence electrons. The third-order valence-corrected chi connectivity index (χ3v) is 3.69. The minimum Gasteiger partial charge on any atom is -0.354 e. The number of amides is 1. The van der Waals surface area contributed by atoms with Crippen molar-refractivity contribution in [3.63, 3.8) is 0 Å². The van der Waals surface area contributed by atoms with Crippen LogP contribution in [0, 0.1) is 0 Å². The molecule has 1 aliphatic heterocycles. The average molecular weight is 230 g/mol. The van der Waals surface area contributed by atoms with Crippen LogP contribution >= 0.6 is 11.8 Å². The molecule has 0 bridgehead atoms. The van der Waals surface area contributed by atoms with Gasteiger partial charge in [-0.1, -0.05) is 6.92 Å². The molecule has 3 nitrogen and oxygen atoms in total. The fraction of sp³-hybridized carbons (Fsp3) is 0.909. The maximum Gasteiger partial charge on any atom is 0.230 e. The fourth-order valence-electron chi connectivity index (χ4n) is 1.72. The van der Waals surface area contributed by atoms with Gasteiger partial charge < -0.3 is 10.2 Å². The monoisotopic (exact) mass is 230 g/mol. The van der Waals surface area contributed by atoms with Crippen LogP contribution in [0.2, 0.25) is 0 Å². The van der Waals surface area contributed by atoms with Crippen molar-refractivity contribution in [1.29, 1.82) is 0 Å². The lowest BCUT2D eigenvalue weighted by Crippen LogP contribution is -2.34. The molecule has 15 heavy (non-hydrogen) atoms. The van der Waals surface area contributed by atoms with Gasteiger partial charge in [-0.2, -0.15) is 11.8 Å². The number of carbonyl (C=O) groups is 1. The third kappa shape index (κ3) is 6.05. The minimum absolute atomic E-state index is 0.188. The molecule has 0 atom stereocenters. The molecule has 0 spiro atoms. The van der Waals surface area contributed by atoms with Crippen molar-refractivity contribution in [2.45, 2.75) is 26.2 Å². The Morgan fingerprint density at radius 2 is 2.13 bits per heavy atom. The zero-order chi connectivity index (χ0) is 10.9. The topological polar surface area (TPSA) is 32.3 Å². The molecule has 0 aromatic heterocycles. The Hall–Kier alpha value is -0.220. The molecule has 0 aromatic carbocycles. The van der Waals surface area contributed by atoms with Gasteiger partial charge in [-0.25, -0.2) is 0 Å². The van der Waals surface area contributed by atoms with E-state index < -0.39 is 0 Å². The van der Waals surface area contributed by atoms with Crippen LogP contribution in [-0.4, -0.2) is 48.5 Å². The SMILES string of the molecule is CCCSCC(=O)NCCN1CCCC1. The summed E-state index contributed by atoms with van der Waals surface area (Å²) in [6, 6.07) is 0. The summed E-state index contributed by atoms with van der Waals surface area (Å²) in [5, 5.41) is 2.97. The molecule has 1 aliphatic rings. The summed E-state index contributed by atoms with van der Waals surface area (Å²) in [5.74, 6) is 1.89. The standard InChI is InChI=1S/C11H22N2OS/c1-2-9-15-10-11(14)12-5-8-13-6-3-4-7-13/h2-10H2,1H3,(H,12,14). The van der Waals surface area contributed by atoms with Crippen molar-refractivity contribution in [3.05, 3.63) is 0 Å². The van der Waals surface area contributed by atoms with Gasteiger partial charge in [-0.3, -0.25) is 4.79 Å². The van der Waals surface area contributed by atoms with Crippen molar-refractivity contribution in [3.8, 4) is 0 Å². The quantitative estimate of drug-likeness (QED) is 0.670. The number of nitrogens with one attached hydrogen (secondary N) is 1. The van der Waals surface area contributed by atoms with Crippen molar-refractivity contribution in [1.82, 2.24) is 10.2 Å². The fourth-order valence-corrected chi connectivity index (χ4v) is 2.44. The minimum atomic E-state index is 0.188. The first-order valence-corrected chi connectivity index (χ1v) is 7.05. The van der Waals surface area contributed by atoms with Crippen molar-refractivity contribution in [2.75, 3.05) is 37.7 Å². The Morgan fingerprint density at radius 1 is 1.40 bits per heavy atom. The van der Waals surface area contributed by atoms with Crippen LogP contribution in [0.15, 0.2) is 0 Å². The Balaban J connectivity index is 1.91. The van der Waals surface area contributed by atoms with Gasteiger partial charge in [0, 0.05) is 13.1 Å². The van der Waals surface area contributed by atoms with Crippen molar-refractivity contribution >= 4 is 17.7 Å². The number of likely N-dealkylation sites (tertiary alicyclic amines) is 1. The molecular formula is C11H22N2OS. The largest absolute Gasteiger partial charge is 0.354 e. The average Bonchev–Trinajstić information content (AvgIpc) is 2.71. The van der Waals surface area contributed by atoms with E-state index in [1.54, 1.807) is 11.8 Å². The predicted octanol–water partition coefficient (Wildman–Crippen LogP) is 1.34. The van der Waals surface area contributed by atoms with Gasteiger partial charge in [0.05, 0.1) is 5.75 Å². The first-order valence-electron chi connectivity index (χ1n) is 5.89. The Bertz CT molecular complexity index is 181. The summed E-state index contributed by atoms with van der Waals surface area (Å²) < 4.78 is 0. The van der Waals surface area contributed by atoms with Crippen LogP contribution in [0.5, 0.6) is 0 Å². The van der Waals surface area contributed by atoms with Crippen molar-refractivity contribution in [2.24, 2.45) is 0 Å². The van der Waals surface area contributed by atoms with Gasteiger partial charge >= 0.3 is 0 Å². The Morgan fingerprint density at radius 3 is 2.80 bits per heavy atom. The van der Waals surface area contributed by atoms with E-state index in [2.05, 4.69) is 17.1 Å². The molecule has 0 saturated carbocycles. The van der Waals surface area contributed by atoms with E-state index in [1.807, 2.05) is 0 Å². The highest BCUT2D eigenvalue weighted by Gasteiger charge is 2.10. The molecule has 0 unspecified atom stereocenters. The van der Waals surface area contributed by atoms with E-state index in [0.717, 1.165) is 25.3 Å². The van der Waals surface area contributed by atoms with Crippen LogP contribution in [0.25, 0.3) is 0 Å². The van der Waals surface area contributed by atoms with E-state index in [9.17, 15) is 4.79 Å². The lowest BCUT2D eigenvalue weighted by atomic mass is 10.4. The molecule has 4 heteroatoms. The van der Waals surface area contributed by atoms with Crippen LogP contribution in [0.3, 0.4) is 0 Å². The summed E-state index contributed by atoms with van der Waals surface area (Å²) in [4.78, 5) is 13.8. The molecule has 1 heterocycles. The highest BCUT2D eigenvalue weighted by molar-refractivity contribution is 7.99. The number of thioether (sulfide) groups is 1. The second kappa shape index (κ2) is 7.99. The third-order valence-electron chi connectivity index (χ3n) is 2.53. The van der Waals surface area contributed by atoms with Gasteiger partial charge in [0.25, 0.3) is 0 Å². The van der Waals surface area contributed by atoms with Crippen LogP contribution in [0.4, 0.5) is 0 Å². The number of rotatable bonds is 7. The van der Waals surface area contributed by atoms with Crippen LogP contribution in [0.1, 0.15) is 26.2 Å². The van der Waals surface area contributed by atoms with Crippen LogP contribution < -0.4 is 5.32 Å². The molecule has 1 rings (SSSR count). The molecule has 1 saturated heterocycles. The van der Waals surface area contributed by atoms with E-state index in [1.165, 1.54) is 25.9 Å². The maximum atomic E-state index is 11.3. The van der Waals surface area contributed by atoms with Crippen LogP contribution in [-0.2, 0) is 4.79 Å². The van der Waals surface area contributed by atoms with Gasteiger partial charge in [0.15, 0.2) is 0 Å². The highest BCUT2D eigenvalue weighted by Crippen LogP contribution is 2.05. The number of nitrogens with zero attached hydrogens (tertiary/aromatic N) is 1. The number of hydrogen-bond donors (Lipinski definition) is 1. The summed E-state index contributed by atoms with van der Waals surface area (Å²) in [6.45, 7) is 6.38. The van der Waals surface area contributed by atoms with Gasteiger partial charge in [0.1, 0.15) is 0 Å². The second-order valence-corrected chi connectivity index (χ2v) is 5.06. The molecule has 1 N–H and O–H groups in total. The molecule has 0 radical (unpaired) electrons. The zero-order valence-corrected chi connectivity index (χ0v) is 10.4. The molecule has 0 aromatic rings. The molecule has 1 amide bonds. The number of hydrogen-bond acceptors (Lipinski definition) is 3. The number of carbonyl (C=O) groups excluding carboxylic acids is 1. The van der Waals surface area contributed by atoms with E-state index >= 15 is 0 Å². The van der Waals surface area contributed by atoms with Crippen molar-refractivity contribution < 1.29 is 4.79 Å². The van der Waals surface area contributed by atoms with Gasteiger partial charge in [-0.15, -0.1) is 0 Å². The lowest BCUT2D eigenvalue weighted by Gasteiger charge is -2.14. The zero-order valence-electron chi connectivity index (χ0n) is 9.63. The summed E-state index contributed by atoms with van der Waals surface area (Å²) in [5.41, 5.74) is 0. The normalized spacial score (nSPS) is 16.9. The second-order valence-electron chi connectivity index (χ2n) is 3.95. The molecule has 0 aliphatic carbocycles. The van der Waals surface area contributed by atoms with E-state index in [0.29, 0.717) is 5.75 Å². The Labute approximate surface area is 97.0 Å². The first-order chi connectivity index (χ1) is 7.33. The maximum absolute atomic E-state index is 11.3. The van der Waals surface area contributed by atoms with Gasteiger partial charge in [-0.05, 0) is 38.1 Å². The van der Waals surface area contributed by atoms with Gasteiger partial charge in [0.2, 0.25) is 5.91 Å². The smallest absolute Gasteiger partial charge is 0.230 e. The van der Waals surface area contributed by atoms with E-state index in [4.69, 9.17) is 0 Å². The first kappa shape index (κ1) is 12.8. The Kier molecular flexibility index (Phi) is 6.85.